The lowest BCUT2D eigenvalue weighted by Crippen LogP contribution is -2.37. The van der Waals surface area contributed by atoms with Crippen LogP contribution in [-0.2, 0) is 20.6 Å². The second kappa shape index (κ2) is 7.94. The number of hydrogen-bond donors (Lipinski definition) is 2. The quantitative estimate of drug-likeness (QED) is 0.381. The third kappa shape index (κ3) is 3.73. The van der Waals surface area contributed by atoms with Crippen molar-refractivity contribution in [3.05, 3.63) is 86.6 Å². The van der Waals surface area contributed by atoms with Crippen LogP contribution in [0.3, 0.4) is 0 Å². The first-order valence-corrected chi connectivity index (χ1v) is 9.66. The molecule has 0 aliphatic carbocycles. The molecule has 2 heterocycles. The minimum atomic E-state index is -0.447. The monoisotopic (exact) mass is 418 g/mol. The van der Waals surface area contributed by atoms with E-state index in [1.54, 1.807) is 35.9 Å². The molecule has 31 heavy (non-hydrogen) atoms. The number of benzene rings is 2. The van der Waals surface area contributed by atoms with Crippen molar-refractivity contribution < 1.29 is 5.11 Å². The van der Waals surface area contributed by atoms with Gasteiger partial charge < -0.3 is 5.11 Å². The van der Waals surface area contributed by atoms with E-state index in [2.05, 4.69) is 15.5 Å². The molecule has 0 aliphatic heterocycles. The zero-order valence-electron chi connectivity index (χ0n) is 17.4. The maximum Gasteiger partial charge on any atom is 0.332 e. The summed E-state index contributed by atoms with van der Waals surface area (Å²) in [4.78, 5) is 29.8. The predicted octanol–water partition coefficient (Wildman–Crippen LogP) is 2.02. The number of phenols is 1. The van der Waals surface area contributed by atoms with Crippen LogP contribution in [-0.4, -0.2) is 29.5 Å². The highest BCUT2D eigenvalue weighted by Crippen LogP contribution is 2.18. The van der Waals surface area contributed by atoms with Gasteiger partial charge in [-0.3, -0.25) is 18.5 Å². The summed E-state index contributed by atoms with van der Waals surface area (Å²) in [6, 6.07) is 16.3. The molecule has 0 atom stereocenters. The fourth-order valence-electron chi connectivity index (χ4n) is 3.35. The maximum atomic E-state index is 12.9. The number of nitrogens with zero attached hydrogens (tertiary/aromatic N) is 5. The summed E-state index contributed by atoms with van der Waals surface area (Å²) < 4.78 is 4.14. The number of hydrazone groups is 1. The van der Waals surface area contributed by atoms with E-state index in [0.717, 1.165) is 15.7 Å². The number of aromatic nitrogens is 4. The van der Waals surface area contributed by atoms with Crippen LogP contribution < -0.4 is 16.7 Å². The van der Waals surface area contributed by atoms with Crippen LogP contribution in [0.1, 0.15) is 18.1 Å². The molecule has 2 N–H and O–H groups in total. The molecule has 2 aromatic carbocycles. The summed E-state index contributed by atoms with van der Waals surface area (Å²) in [7, 11) is 3.03. The zero-order chi connectivity index (χ0) is 22.1. The van der Waals surface area contributed by atoms with Gasteiger partial charge in [0.25, 0.3) is 5.56 Å². The van der Waals surface area contributed by atoms with Gasteiger partial charge in [-0.25, -0.2) is 10.2 Å². The predicted molar refractivity (Wildman–Crippen MR) is 120 cm³/mol. The smallest absolute Gasteiger partial charge is 0.332 e. The molecule has 4 aromatic rings. The molecule has 0 aliphatic rings. The largest absolute Gasteiger partial charge is 0.508 e. The highest BCUT2D eigenvalue weighted by Gasteiger charge is 2.19. The lowest BCUT2D eigenvalue weighted by atomic mass is 10.1. The Morgan fingerprint density at radius 2 is 1.71 bits per heavy atom. The van der Waals surface area contributed by atoms with Crippen LogP contribution in [0.2, 0.25) is 0 Å². The molecule has 9 nitrogen and oxygen atoms in total. The Labute approximate surface area is 177 Å². The van der Waals surface area contributed by atoms with E-state index in [4.69, 9.17) is 0 Å². The normalized spacial score (nSPS) is 11.8. The number of rotatable bonds is 5. The summed E-state index contributed by atoms with van der Waals surface area (Å²) in [6.45, 7) is 2.19. The summed E-state index contributed by atoms with van der Waals surface area (Å²) in [6.07, 6.45) is 0. The van der Waals surface area contributed by atoms with Gasteiger partial charge in [0.15, 0.2) is 11.2 Å². The molecule has 158 valence electrons. The second-order valence-electron chi connectivity index (χ2n) is 7.24. The van der Waals surface area contributed by atoms with E-state index in [9.17, 15) is 14.7 Å². The lowest BCUT2D eigenvalue weighted by molar-refractivity contribution is 0.475. The summed E-state index contributed by atoms with van der Waals surface area (Å²) in [5.41, 5.74) is 5.13. The average Bonchev–Trinajstić information content (AvgIpc) is 3.14. The molecular formula is C22H22N6O3. The number of aryl methyl sites for hydroxylation is 1. The van der Waals surface area contributed by atoms with Crippen molar-refractivity contribution in [3.63, 3.8) is 0 Å². The molecule has 0 spiro atoms. The van der Waals surface area contributed by atoms with Crippen LogP contribution in [0, 0.1) is 0 Å². The molecule has 0 unspecified atom stereocenters. The first-order chi connectivity index (χ1) is 14.9. The van der Waals surface area contributed by atoms with Gasteiger partial charge in [-0.2, -0.15) is 10.1 Å². The van der Waals surface area contributed by atoms with Crippen molar-refractivity contribution in [2.24, 2.45) is 19.2 Å². The van der Waals surface area contributed by atoms with Crippen LogP contribution >= 0.6 is 0 Å². The van der Waals surface area contributed by atoms with Crippen LogP contribution in [0.25, 0.3) is 11.2 Å². The minimum absolute atomic E-state index is 0.172. The van der Waals surface area contributed by atoms with Crippen LogP contribution in [0.15, 0.2) is 69.3 Å². The van der Waals surface area contributed by atoms with E-state index in [-0.39, 0.29) is 11.4 Å². The number of anilines is 1. The summed E-state index contributed by atoms with van der Waals surface area (Å²) in [5.74, 6) is 0.515. The van der Waals surface area contributed by atoms with E-state index < -0.39 is 11.2 Å². The van der Waals surface area contributed by atoms with Gasteiger partial charge in [0.2, 0.25) is 5.95 Å². The topological polar surface area (TPSA) is 106 Å². The van der Waals surface area contributed by atoms with Crippen LogP contribution in [0.4, 0.5) is 5.95 Å². The van der Waals surface area contributed by atoms with E-state index in [0.29, 0.717) is 23.7 Å². The highest BCUT2D eigenvalue weighted by molar-refractivity contribution is 5.99. The van der Waals surface area contributed by atoms with E-state index >= 15 is 0 Å². The number of phenolic OH excluding ortho intramolecular Hbond substituents is 1. The van der Waals surface area contributed by atoms with Gasteiger partial charge in [0.1, 0.15) is 5.75 Å². The number of imidazole rings is 1. The van der Waals surface area contributed by atoms with Gasteiger partial charge in [-0.15, -0.1) is 0 Å². The first kappa shape index (κ1) is 20.1. The molecule has 0 saturated heterocycles. The molecule has 0 bridgehead atoms. The minimum Gasteiger partial charge on any atom is -0.508 e. The Morgan fingerprint density at radius 3 is 2.39 bits per heavy atom. The number of aromatic hydroxyl groups is 1. The third-order valence-corrected chi connectivity index (χ3v) is 5.14. The summed E-state index contributed by atoms with van der Waals surface area (Å²) >= 11 is 0. The fraction of sp³-hybridized carbons (Fsp3) is 0.182. The highest BCUT2D eigenvalue weighted by atomic mass is 16.3. The van der Waals surface area contributed by atoms with Gasteiger partial charge >= 0.3 is 5.69 Å². The zero-order valence-corrected chi connectivity index (χ0v) is 17.4. The fourth-order valence-corrected chi connectivity index (χ4v) is 3.35. The summed E-state index contributed by atoms with van der Waals surface area (Å²) in [5, 5.41) is 13.9. The van der Waals surface area contributed by atoms with Crippen molar-refractivity contribution in [2.45, 2.75) is 13.5 Å². The lowest BCUT2D eigenvalue weighted by Gasteiger charge is -2.10. The first-order valence-electron chi connectivity index (χ1n) is 9.66. The average molecular weight is 418 g/mol. The Kier molecular flexibility index (Phi) is 5.16. The molecule has 0 saturated carbocycles. The molecule has 0 amide bonds. The Hall–Kier alpha value is -4.14. The molecule has 9 heteroatoms. The Morgan fingerprint density at radius 1 is 1.03 bits per heavy atom. The SMILES string of the molecule is C/C(=N\Nc1nc2c(c(=O)n(C)c(=O)n2C)n1Cc1ccccc1)c1ccc(O)cc1. The van der Waals surface area contributed by atoms with Gasteiger partial charge in [0.05, 0.1) is 12.3 Å². The van der Waals surface area contributed by atoms with Crippen LogP contribution in [0.5, 0.6) is 5.75 Å². The number of hydrogen-bond acceptors (Lipinski definition) is 6. The molecule has 4 rings (SSSR count). The van der Waals surface area contributed by atoms with Crippen molar-refractivity contribution >= 4 is 22.8 Å². The third-order valence-electron chi connectivity index (χ3n) is 5.14. The maximum absolute atomic E-state index is 12.9. The van der Waals surface area contributed by atoms with Gasteiger partial charge in [-0.1, -0.05) is 30.3 Å². The van der Waals surface area contributed by atoms with Gasteiger partial charge in [0, 0.05) is 14.1 Å². The van der Waals surface area contributed by atoms with Crippen molar-refractivity contribution in [1.29, 1.82) is 0 Å². The van der Waals surface area contributed by atoms with E-state index in [1.807, 2.05) is 37.3 Å². The molecule has 0 radical (unpaired) electrons. The Balaban J connectivity index is 1.84. The Bertz CT molecular complexity index is 1400. The number of fused-ring (bicyclic) bond motifs is 1. The van der Waals surface area contributed by atoms with Gasteiger partial charge in [-0.05, 0) is 42.3 Å². The van der Waals surface area contributed by atoms with Crippen molar-refractivity contribution in [3.8, 4) is 5.75 Å². The van der Waals surface area contributed by atoms with Crippen molar-refractivity contribution in [1.82, 2.24) is 18.7 Å². The molecule has 0 fully saturated rings. The van der Waals surface area contributed by atoms with E-state index in [1.165, 1.54) is 11.6 Å². The second-order valence-corrected chi connectivity index (χ2v) is 7.24. The molecule has 2 aromatic heterocycles. The van der Waals surface area contributed by atoms with Crippen molar-refractivity contribution in [2.75, 3.05) is 5.43 Å². The number of nitrogens with one attached hydrogen (secondary N) is 1. The standard InChI is InChI=1S/C22H22N6O3/c1-14(16-9-11-17(29)12-10-16)24-25-21-23-19-18(20(30)27(3)22(31)26(19)2)28(21)13-15-7-5-4-6-8-15/h4-12,29H,13H2,1-3H3,(H,23,25)/b24-14+. The molecular weight excluding hydrogens is 396 g/mol.